The van der Waals surface area contributed by atoms with Crippen molar-refractivity contribution in [3.8, 4) is 5.75 Å². The highest BCUT2D eigenvalue weighted by atomic mass is 127. The third-order valence-corrected chi connectivity index (χ3v) is 5.70. The molecule has 1 fully saturated rings. The summed E-state index contributed by atoms with van der Waals surface area (Å²) in [6.07, 6.45) is 3.30. The SMILES string of the molecule is CCNC(=NCCCOc1ccc2ccccc2c1)NCCCCN1CCN(C)CC1.I. The zero-order valence-corrected chi connectivity index (χ0v) is 22.0. The molecule has 2 N–H and O–H groups in total. The van der Waals surface area contributed by atoms with Crippen LogP contribution >= 0.6 is 24.0 Å². The number of hydrogen-bond acceptors (Lipinski definition) is 4. The van der Waals surface area contributed by atoms with Crippen LogP contribution in [0.4, 0.5) is 0 Å². The highest BCUT2D eigenvalue weighted by Gasteiger charge is 2.12. The number of halogens is 1. The number of hydrogen-bond donors (Lipinski definition) is 2. The van der Waals surface area contributed by atoms with Crippen molar-refractivity contribution in [1.82, 2.24) is 20.4 Å². The second-order valence-corrected chi connectivity index (χ2v) is 8.25. The minimum atomic E-state index is 0. The van der Waals surface area contributed by atoms with Crippen molar-refractivity contribution < 1.29 is 4.74 Å². The van der Waals surface area contributed by atoms with E-state index in [1.165, 1.54) is 56.3 Å². The van der Waals surface area contributed by atoms with E-state index >= 15 is 0 Å². The van der Waals surface area contributed by atoms with E-state index in [0.29, 0.717) is 6.61 Å². The molecule has 1 aliphatic heterocycles. The van der Waals surface area contributed by atoms with Gasteiger partial charge in [-0.05, 0) is 56.3 Å². The number of nitrogens with zero attached hydrogens (tertiary/aromatic N) is 3. The summed E-state index contributed by atoms with van der Waals surface area (Å²) >= 11 is 0. The Kier molecular flexibility index (Phi) is 12.7. The van der Waals surface area contributed by atoms with E-state index in [-0.39, 0.29) is 24.0 Å². The van der Waals surface area contributed by atoms with Gasteiger partial charge in [-0.25, -0.2) is 0 Å². The van der Waals surface area contributed by atoms with E-state index in [4.69, 9.17) is 4.74 Å². The lowest BCUT2D eigenvalue weighted by Crippen LogP contribution is -2.44. The number of unbranched alkanes of at least 4 members (excludes halogenated alkanes) is 1. The molecule has 2 aromatic carbocycles. The van der Waals surface area contributed by atoms with Crippen molar-refractivity contribution in [3.05, 3.63) is 42.5 Å². The van der Waals surface area contributed by atoms with Crippen molar-refractivity contribution in [1.29, 1.82) is 0 Å². The Bertz CT molecular complexity index is 808. The van der Waals surface area contributed by atoms with Gasteiger partial charge in [-0.1, -0.05) is 30.3 Å². The molecule has 0 saturated carbocycles. The maximum Gasteiger partial charge on any atom is 0.191 e. The topological polar surface area (TPSA) is 52.1 Å². The van der Waals surface area contributed by atoms with Gasteiger partial charge in [0.05, 0.1) is 6.61 Å². The number of guanidine groups is 1. The first kappa shape index (κ1) is 26.7. The van der Waals surface area contributed by atoms with Crippen LogP contribution in [0.25, 0.3) is 10.8 Å². The largest absolute Gasteiger partial charge is 0.494 e. The third-order valence-electron chi connectivity index (χ3n) is 5.70. The summed E-state index contributed by atoms with van der Waals surface area (Å²) in [5.74, 6) is 1.83. The number of piperazine rings is 1. The van der Waals surface area contributed by atoms with Gasteiger partial charge < -0.3 is 25.2 Å². The smallest absolute Gasteiger partial charge is 0.191 e. The fraction of sp³-hybridized carbons (Fsp3) is 0.560. The summed E-state index contributed by atoms with van der Waals surface area (Å²) in [6.45, 7) is 11.4. The molecule has 0 atom stereocenters. The molecule has 0 aliphatic carbocycles. The first-order valence-electron chi connectivity index (χ1n) is 11.8. The molecule has 32 heavy (non-hydrogen) atoms. The van der Waals surface area contributed by atoms with Crippen LogP contribution < -0.4 is 15.4 Å². The quantitative estimate of drug-likeness (QED) is 0.192. The summed E-state index contributed by atoms with van der Waals surface area (Å²) < 4.78 is 5.92. The maximum absolute atomic E-state index is 5.92. The average Bonchev–Trinajstić information content (AvgIpc) is 2.79. The maximum atomic E-state index is 5.92. The number of aliphatic imine (C=N–C) groups is 1. The fourth-order valence-electron chi connectivity index (χ4n) is 3.78. The molecule has 0 radical (unpaired) electrons. The average molecular weight is 554 g/mol. The molecule has 178 valence electrons. The van der Waals surface area contributed by atoms with Gasteiger partial charge in [0.25, 0.3) is 0 Å². The molecule has 0 unspecified atom stereocenters. The molecule has 1 saturated heterocycles. The Hall–Kier alpha value is -1.58. The summed E-state index contributed by atoms with van der Waals surface area (Å²) in [7, 11) is 2.21. The van der Waals surface area contributed by atoms with Crippen LogP contribution in [0.15, 0.2) is 47.5 Å². The Labute approximate surface area is 210 Å². The Morgan fingerprint density at radius 2 is 1.75 bits per heavy atom. The predicted molar refractivity (Wildman–Crippen MR) is 147 cm³/mol. The number of likely N-dealkylation sites (N-methyl/N-ethyl adjacent to an activating group) is 1. The molecule has 7 heteroatoms. The summed E-state index contributed by atoms with van der Waals surface area (Å²) in [5.41, 5.74) is 0. The monoisotopic (exact) mass is 553 g/mol. The molecule has 0 spiro atoms. The van der Waals surface area contributed by atoms with Crippen LogP contribution in [0.3, 0.4) is 0 Å². The van der Waals surface area contributed by atoms with Crippen molar-refractivity contribution in [2.75, 3.05) is 66.0 Å². The Morgan fingerprint density at radius 3 is 2.53 bits per heavy atom. The lowest BCUT2D eigenvalue weighted by molar-refractivity contribution is 0.152. The third kappa shape index (κ3) is 9.50. The second-order valence-electron chi connectivity index (χ2n) is 8.25. The predicted octanol–water partition coefficient (Wildman–Crippen LogP) is 3.81. The summed E-state index contributed by atoms with van der Waals surface area (Å²) in [6, 6.07) is 14.6. The van der Waals surface area contributed by atoms with Crippen LogP contribution in [-0.4, -0.2) is 81.8 Å². The molecule has 1 heterocycles. The first-order valence-corrected chi connectivity index (χ1v) is 11.8. The summed E-state index contributed by atoms with van der Waals surface area (Å²) in [4.78, 5) is 9.67. The van der Waals surface area contributed by atoms with Crippen molar-refractivity contribution in [3.63, 3.8) is 0 Å². The van der Waals surface area contributed by atoms with E-state index in [1.54, 1.807) is 0 Å². The molecule has 2 aromatic rings. The van der Waals surface area contributed by atoms with E-state index in [2.05, 4.69) is 75.8 Å². The van der Waals surface area contributed by atoms with Crippen LogP contribution in [0.5, 0.6) is 5.75 Å². The van der Waals surface area contributed by atoms with E-state index in [0.717, 1.165) is 37.8 Å². The van der Waals surface area contributed by atoms with E-state index < -0.39 is 0 Å². The highest BCUT2D eigenvalue weighted by Crippen LogP contribution is 2.20. The molecular formula is C25H40IN5O. The second kappa shape index (κ2) is 15.3. The molecule has 0 aromatic heterocycles. The number of benzene rings is 2. The van der Waals surface area contributed by atoms with E-state index in [1.807, 2.05) is 6.07 Å². The van der Waals surface area contributed by atoms with Gasteiger partial charge >= 0.3 is 0 Å². The minimum Gasteiger partial charge on any atom is -0.494 e. The normalized spacial score (nSPS) is 15.4. The highest BCUT2D eigenvalue weighted by molar-refractivity contribution is 14.0. The zero-order chi connectivity index (χ0) is 21.7. The molecule has 0 amide bonds. The molecule has 0 bridgehead atoms. The van der Waals surface area contributed by atoms with Gasteiger partial charge in [0.2, 0.25) is 0 Å². The first-order chi connectivity index (χ1) is 15.2. The Morgan fingerprint density at radius 1 is 0.969 bits per heavy atom. The van der Waals surface area contributed by atoms with Gasteiger partial charge in [-0.2, -0.15) is 0 Å². The lowest BCUT2D eigenvalue weighted by atomic mass is 10.1. The lowest BCUT2D eigenvalue weighted by Gasteiger charge is -2.32. The number of nitrogens with one attached hydrogen (secondary N) is 2. The number of ether oxygens (including phenoxy) is 1. The molecule has 3 rings (SSSR count). The van der Waals surface area contributed by atoms with Gasteiger partial charge in [-0.15, -0.1) is 24.0 Å². The molecule has 1 aliphatic rings. The standard InChI is InChI=1S/C25H39N5O.HI/c1-3-26-25(27-13-6-7-15-30-18-16-29(2)17-19-30)28-14-8-20-31-24-12-11-22-9-4-5-10-23(22)21-24;/h4-5,9-12,21H,3,6-8,13-20H2,1-2H3,(H2,26,27,28);1H. The Balaban J connectivity index is 0.00000363. The zero-order valence-electron chi connectivity index (χ0n) is 19.7. The van der Waals surface area contributed by atoms with Gasteiger partial charge in [0, 0.05) is 52.2 Å². The minimum absolute atomic E-state index is 0. The van der Waals surface area contributed by atoms with Crippen LogP contribution in [0.2, 0.25) is 0 Å². The molecular weight excluding hydrogens is 513 g/mol. The van der Waals surface area contributed by atoms with E-state index in [9.17, 15) is 0 Å². The van der Waals surface area contributed by atoms with Crippen LogP contribution in [0.1, 0.15) is 26.2 Å². The van der Waals surface area contributed by atoms with Crippen LogP contribution in [-0.2, 0) is 0 Å². The number of fused-ring (bicyclic) bond motifs is 1. The fourth-order valence-corrected chi connectivity index (χ4v) is 3.78. The molecule has 6 nitrogen and oxygen atoms in total. The number of rotatable bonds is 11. The van der Waals surface area contributed by atoms with Gasteiger partial charge in [0.15, 0.2) is 5.96 Å². The van der Waals surface area contributed by atoms with Crippen molar-refractivity contribution >= 4 is 40.7 Å². The van der Waals surface area contributed by atoms with Crippen molar-refractivity contribution in [2.24, 2.45) is 4.99 Å². The van der Waals surface area contributed by atoms with Gasteiger partial charge in [-0.3, -0.25) is 4.99 Å². The van der Waals surface area contributed by atoms with Gasteiger partial charge in [0.1, 0.15) is 5.75 Å². The van der Waals surface area contributed by atoms with Crippen LogP contribution in [0, 0.1) is 0 Å². The summed E-state index contributed by atoms with van der Waals surface area (Å²) in [5, 5.41) is 9.26. The van der Waals surface area contributed by atoms with Crippen molar-refractivity contribution in [2.45, 2.75) is 26.2 Å².